The molecule has 1 saturated heterocycles. The molecule has 2 aromatic rings. The van der Waals surface area contributed by atoms with Gasteiger partial charge in [-0.1, -0.05) is 6.07 Å². The third-order valence-corrected chi connectivity index (χ3v) is 4.84. The van der Waals surface area contributed by atoms with Gasteiger partial charge in [0.25, 0.3) is 0 Å². The molecule has 0 spiro atoms. The van der Waals surface area contributed by atoms with Crippen LogP contribution in [0.3, 0.4) is 0 Å². The fourth-order valence-electron chi connectivity index (χ4n) is 2.70. The first-order valence-corrected chi connectivity index (χ1v) is 8.87. The minimum atomic E-state index is 0.00859. The lowest BCUT2D eigenvalue weighted by Crippen LogP contribution is -2.35. The normalized spacial score (nSPS) is 15.7. The van der Waals surface area contributed by atoms with Gasteiger partial charge in [-0.05, 0) is 41.8 Å². The number of thiophene rings is 1. The molecule has 5 heteroatoms. The van der Waals surface area contributed by atoms with Gasteiger partial charge in [-0.15, -0.1) is 11.3 Å². The molecule has 126 valence electrons. The second-order valence-electron chi connectivity index (χ2n) is 5.63. The summed E-state index contributed by atoms with van der Waals surface area (Å²) in [4.78, 5) is 15.8. The van der Waals surface area contributed by atoms with Crippen molar-refractivity contribution >= 4 is 23.2 Å². The highest BCUT2D eigenvalue weighted by Gasteiger charge is 2.15. The Balaban J connectivity index is 1.76. The van der Waals surface area contributed by atoms with Gasteiger partial charge in [0, 0.05) is 35.6 Å². The summed E-state index contributed by atoms with van der Waals surface area (Å²) in [5, 5.41) is 2.00. The van der Waals surface area contributed by atoms with E-state index < -0.39 is 0 Å². The summed E-state index contributed by atoms with van der Waals surface area (Å²) in [6.07, 6.45) is 3.49. The number of rotatable bonds is 6. The minimum Gasteiger partial charge on any atom is -0.496 e. The van der Waals surface area contributed by atoms with Crippen molar-refractivity contribution in [1.29, 1.82) is 0 Å². The number of carbonyl (C=O) groups is 1. The maximum absolute atomic E-state index is 12.4. The highest BCUT2D eigenvalue weighted by molar-refractivity contribution is 7.10. The van der Waals surface area contributed by atoms with Crippen LogP contribution in [0.25, 0.3) is 6.08 Å². The zero-order valence-corrected chi connectivity index (χ0v) is 14.6. The summed E-state index contributed by atoms with van der Waals surface area (Å²) in [5.41, 5.74) is 1.72. The van der Waals surface area contributed by atoms with Crippen molar-refractivity contribution in [1.82, 2.24) is 4.90 Å². The average Bonchev–Trinajstić information content (AvgIpc) is 3.14. The van der Waals surface area contributed by atoms with Crippen molar-refractivity contribution in [3.8, 4) is 5.75 Å². The summed E-state index contributed by atoms with van der Waals surface area (Å²) in [6, 6.07) is 9.61. The van der Waals surface area contributed by atoms with Gasteiger partial charge in [-0.2, -0.15) is 0 Å². The van der Waals surface area contributed by atoms with Gasteiger partial charge in [0.1, 0.15) is 5.75 Å². The Morgan fingerprint density at radius 2 is 2.17 bits per heavy atom. The molecule has 3 rings (SSSR count). The maximum Gasteiger partial charge on any atom is 0.185 e. The van der Waals surface area contributed by atoms with Crippen LogP contribution in [-0.4, -0.2) is 44.1 Å². The maximum atomic E-state index is 12.4. The molecule has 1 aromatic heterocycles. The van der Waals surface area contributed by atoms with Gasteiger partial charge in [0.05, 0.1) is 20.3 Å². The Bertz CT molecular complexity index is 703. The van der Waals surface area contributed by atoms with Crippen LogP contribution in [0.4, 0.5) is 0 Å². The fourth-order valence-corrected chi connectivity index (χ4v) is 3.31. The second kappa shape index (κ2) is 8.24. The first-order valence-electron chi connectivity index (χ1n) is 7.99. The lowest BCUT2D eigenvalue weighted by atomic mass is 10.0. The van der Waals surface area contributed by atoms with Gasteiger partial charge in [0.2, 0.25) is 0 Å². The summed E-state index contributed by atoms with van der Waals surface area (Å²) < 4.78 is 10.8. The van der Waals surface area contributed by atoms with Crippen molar-refractivity contribution < 1.29 is 14.3 Å². The van der Waals surface area contributed by atoms with Crippen molar-refractivity contribution in [2.45, 2.75) is 6.54 Å². The molecule has 0 atom stereocenters. The third-order valence-electron chi connectivity index (χ3n) is 4.00. The van der Waals surface area contributed by atoms with E-state index in [4.69, 9.17) is 9.47 Å². The van der Waals surface area contributed by atoms with E-state index in [-0.39, 0.29) is 5.78 Å². The molecular formula is C19H21NO3S. The van der Waals surface area contributed by atoms with E-state index >= 15 is 0 Å². The fraction of sp³-hybridized carbons (Fsp3) is 0.316. The molecule has 0 radical (unpaired) electrons. The van der Waals surface area contributed by atoms with Crippen LogP contribution in [0.1, 0.15) is 20.8 Å². The van der Waals surface area contributed by atoms with Crippen LogP contribution in [0.15, 0.2) is 41.8 Å². The van der Waals surface area contributed by atoms with E-state index in [0.717, 1.165) is 49.0 Å². The van der Waals surface area contributed by atoms with Crippen LogP contribution in [-0.2, 0) is 11.3 Å². The molecule has 24 heavy (non-hydrogen) atoms. The number of methoxy groups -OCH3 is 1. The number of hydrogen-bond donors (Lipinski definition) is 0. The summed E-state index contributed by atoms with van der Waals surface area (Å²) in [6.45, 7) is 4.08. The zero-order valence-electron chi connectivity index (χ0n) is 13.7. The molecule has 1 aliphatic heterocycles. The van der Waals surface area contributed by atoms with Crippen LogP contribution in [0.2, 0.25) is 0 Å². The third kappa shape index (κ3) is 4.32. The molecule has 1 aromatic carbocycles. The van der Waals surface area contributed by atoms with Gasteiger partial charge in [0.15, 0.2) is 5.78 Å². The van der Waals surface area contributed by atoms with Gasteiger partial charge in [-0.3, -0.25) is 9.69 Å². The highest BCUT2D eigenvalue weighted by atomic mass is 32.1. The Morgan fingerprint density at radius 3 is 2.88 bits per heavy atom. The van der Waals surface area contributed by atoms with Gasteiger partial charge < -0.3 is 9.47 Å². The number of morpholine rings is 1. The Kier molecular flexibility index (Phi) is 5.80. The standard InChI is InChI=1S/C19H21NO3S/c1-22-19-7-4-15(18(21)6-5-17-3-2-12-24-17)13-16(19)14-20-8-10-23-11-9-20/h2-7,12-13H,8-11,14H2,1H3/b6-5+. The molecule has 0 unspecified atom stereocenters. The minimum absolute atomic E-state index is 0.00859. The van der Waals surface area contributed by atoms with E-state index in [1.54, 1.807) is 24.5 Å². The monoisotopic (exact) mass is 343 g/mol. The topological polar surface area (TPSA) is 38.8 Å². The molecular weight excluding hydrogens is 322 g/mol. The van der Waals surface area contributed by atoms with E-state index in [2.05, 4.69) is 4.90 Å². The molecule has 2 heterocycles. The van der Waals surface area contributed by atoms with Crippen LogP contribution < -0.4 is 4.74 Å². The lowest BCUT2D eigenvalue weighted by Gasteiger charge is -2.27. The molecule has 1 aliphatic rings. The van der Waals surface area contributed by atoms with Gasteiger partial charge in [-0.25, -0.2) is 0 Å². The Morgan fingerprint density at radius 1 is 1.33 bits per heavy atom. The number of nitrogens with zero attached hydrogens (tertiary/aromatic N) is 1. The Hall–Kier alpha value is -1.95. The van der Waals surface area contributed by atoms with Crippen molar-refractivity contribution in [3.63, 3.8) is 0 Å². The highest BCUT2D eigenvalue weighted by Crippen LogP contribution is 2.23. The number of carbonyl (C=O) groups excluding carboxylic acids is 1. The zero-order chi connectivity index (χ0) is 16.8. The molecule has 0 amide bonds. The smallest absolute Gasteiger partial charge is 0.185 e. The second-order valence-corrected chi connectivity index (χ2v) is 6.61. The molecule has 4 nitrogen and oxygen atoms in total. The lowest BCUT2D eigenvalue weighted by molar-refractivity contribution is 0.0338. The molecule has 0 aliphatic carbocycles. The summed E-state index contributed by atoms with van der Waals surface area (Å²) >= 11 is 1.62. The predicted molar refractivity (Wildman–Crippen MR) is 96.8 cm³/mol. The summed E-state index contributed by atoms with van der Waals surface area (Å²) in [7, 11) is 1.66. The van der Waals surface area contributed by atoms with Crippen LogP contribution >= 0.6 is 11.3 Å². The quantitative estimate of drug-likeness (QED) is 0.594. The number of ketones is 1. The van der Waals surface area contributed by atoms with Crippen molar-refractivity contribution in [2.24, 2.45) is 0 Å². The van der Waals surface area contributed by atoms with Gasteiger partial charge >= 0.3 is 0 Å². The molecule has 0 saturated carbocycles. The molecule has 0 N–H and O–H groups in total. The molecule has 1 fully saturated rings. The van der Waals surface area contributed by atoms with E-state index in [9.17, 15) is 4.79 Å². The average molecular weight is 343 g/mol. The number of allylic oxidation sites excluding steroid dienone is 1. The van der Waals surface area contributed by atoms with E-state index in [0.29, 0.717) is 5.56 Å². The first-order chi connectivity index (χ1) is 11.8. The van der Waals surface area contributed by atoms with Crippen molar-refractivity contribution in [3.05, 3.63) is 57.8 Å². The van der Waals surface area contributed by atoms with Crippen LogP contribution in [0.5, 0.6) is 5.75 Å². The predicted octanol–water partition coefficient (Wildman–Crippen LogP) is 3.49. The SMILES string of the molecule is COc1ccc(C(=O)/C=C/c2cccs2)cc1CN1CCOCC1. The number of ether oxygens (including phenoxy) is 2. The Labute approximate surface area is 146 Å². The van der Waals surface area contributed by atoms with Crippen molar-refractivity contribution in [2.75, 3.05) is 33.4 Å². The number of hydrogen-bond acceptors (Lipinski definition) is 5. The van der Waals surface area contributed by atoms with Crippen LogP contribution in [0, 0.1) is 0 Å². The molecule has 0 bridgehead atoms. The first kappa shape index (κ1) is 16.9. The largest absolute Gasteiger partial charge is 0.496 e. The van der Waals surface area contributed by atoms with E-state index in [1.165, 1.54) is 0 Å². The number of benzene rings is 1. The summed E-state index contributed by atoms with van der Waals surface area (Å²) in [5.74, 6) is 0.828. The van der Waals surface area contributed by atoms with E-state index in [1.807, 2.05) is 41.8 Å².